The molecular weight excluding hydrogens is 368 g/mol. The van der Waals surface area contributed by atoms with Crippen molar-refractivity contribution in [3.63, 3.8) is 0 Å². The predicted octanol–water partition coefficient (Wildman–Crippen LogP) is 1.74. The molecule has 3 rings (SSSR count). The minimum atomic E-state index is -3.41. The van der Waals surface area contributed by atoms with Gasteiger partial charge in [0, 0.05) is 19.6 Å². The lowest BCUT2D eigenvalue weighted by atomic mass is 9.97. The van der Waals surface area contributed by atoms with E-state index in [0.717, 1.165) is 24.4 Å². The first-order chi connectivity index (χ1) is 11.5. The van der Waals surface area contributed by atoms with Crippen LogP contribution >= 0.6 is 22.9 Å². The molecule has 0 spiro atoms. The molecule has 1 amide bonds. The summed E-state index contributed by atoms with van der Waals surface area (Å²) in [6.45, 7) is 3.44. The zero-order valence-electron chi connectivity index (χ0n) is 13.1. The lowest BCUT2D eigenvalue weighted by Crippen LogP contribution is -2.41. The number of hydrogen-bond donors (Lipinski definition) is 1. The van der Waals surface area contributed by atoms with Crippen LogP contribution < -0.4 is 4.72 Å². The third kappa shape index (κ3) is 3.82. The zero-order chi connectivity index (χ0) is 17.2. The van der Waals surface area contributed by atoms with E-state index in [-0.39, 0.29) is 11.8 Å². The van der Waals surface area contributed by atoms with Gasteiger partial charge >= 0.3 is 0 Å². The molecule has 1 aliphatic rings. The number of thiophene rings is 1. The van der Waals surface area contributed by atoms with Crippen molar-refractivity contribution in [3.8, 4) is 0 Å². The minimum absolute atomic E-state index is 0.0277. The third-order valence-electron chi connectivity index (χ3n) is 4.07. The predicted molar refractivity (Wildman–Crippen MR) is 92.8 cm³/mol. The fourth-order valence-electron chi connectivity index (χ4n) is 2.63. The van der Waals surface area contributed by atoms with Crippen LogP contribution in [0.3, 0.4) is 0 Å². The van der Waals surface area contributed by atoms with Crippen LogP contribution in [-0.2, 0) is 10.0 Å². The molecule has 0 aromatic carbocycles. The van der Waals surface area contributed by atoms with E-state index < -0.39 is 10.0 Å². The summed E-state index contributed by atoms with van der Waals surface area (Å²) in [5.74, 6) is 0.213. The van der Waals surface area contributed by atoms with Crippen molar-refractivity contribution in [2.24, 2.45) is 5.92 Å². The van der Waals surface area contributed by atoms with Crippen LogP contribution in [0, 0.1) is 12.8 Å². The van der Waals surface area contributed by atoms with Gasteiger partial charge in [-0.2, -0.15) is 0 Å². The van der Waals surface area contributed by atoms with Crippen molar-refractivity contribution in [1.82, 2.24) is 19.2 Å². The Morgan fingerprint density at radius 1 is 1.42 bits per heavy atom. The van der Waals surface area contributed by atoms with E-state index in [4.69, 9.17) is 0 Å². The maximum atomic E-state index is 12.4. The molecule has 24 heavy (non-hydrogen) atoms. The normalized spacial score (nSPS) is 16.5. The van der Waals surface area contributed by atoms with E-state index in [9.17, 15) is 13.2 Å². The van der Waals surface area contributed by atoms with Gasteiger partial charge in [-0.05, 0) is 48.7 Å². The molecule has 1 saturated heterocycles. The molecule has 2 aromatic rings. The fraction of sp³-hybridized carbons (Fsp3) is 0.500. The highest BCUT2D eigenvalue weighted by Crippen LogP contribution is 2.22. The Morgan fingerprint density at radius 2 is 2.17 bits per heavy atom. The number of hydrogen-bond acceptors (Lipinski definition) is 7. The number of amides is 1. The van der Waals surface area contributed by atoms with E-state index >= 15 is 0 Å². The number of sulfonamides is 1. The molecule has 0 unspecified atom stereocenters. The Kier molecular flexibility index (Phi) is 5.28. The molecule has 3 heterocycles. The van der Waals surface area contributed by atoms with E-state index in [0.29, 0.717) is 34.4 Å². The number of piperidine rings is 1. The van der Waals surface area contributed by atoms with Crippen molar-refractivity contribution in [3.05, 3.63) is 28.1 Å². The Hall–Kier alpha value is -1.36. The number of aromatic nitrogens is 2. The second kappa shape index (κ2) is 7.26. The second-order valence-corrected chi connectivity index (χ2v) is 9.40. The topological polar surface area (TPSA) is 92.3 Å². The molecule has 0 bridgehead atoms. The summed E-state index contributed by atoms with van der Waals surface area (Å²) in [6, 6.07) is 3.32. The van der Waals surface area contributed by atoms with Crippen molar-refractivity contribution in [2.45, 2.75) is 24.0 Å². The maximum absolute atomic E-state index is 12.4. The summed E-state index contributed by atoms with van der Waals surface area (Å²) in [4.78, 5) is 14.8. The van der Waals surface area contributed by atoms with Crippen molar-refractivity contribution in [1.29, 1.82) is 0 Å². The number of nitrogens with one attached hydrogen (secondary N) is 1. The maximum Gasteiger partial charge on any atom is 0.267 e. The van der Waals surface area contributed by atoms with Gasteiger partial charge in [-0.1, -0.05) is 10.6 Å². The number of carbonyl (C=O) groups excluding carboxylic acids is 1. The summed E-state index contributed by atoms with van der Waals surface area (Å²) in [7, 11) is -3.41. The first-order valence-corrected chi connectivity index (χ1v) is 10.7. The Morgan fingerprint density at radius 3 is 2.75 bits per heavy atom. The highest BCUT2D eigenvalue weighted by molar-refractivity contribution is 7.91. The van der Waals surface area contributed by atoms with Crippen LogP contribution in [0.1, 0.15) is 28.2 Å². The quantitative estimate of drug-likeness (QED) is 0.845. The summed E-state index contributed by atoms with van der Waals surface area (Å²) in [5.41, 5.74) is 0.663. The zero-order valence-corrected chi connectivity index (χ0v) is 15.6. The molecule has 1 aliphatic heterocycles. The molecular formula is C14H18N4O3S3. The van der Waals surface area contributed by atoms with Gasteiger partial charge in [0.25, 0.3) is 5.91 Å². The lowest BCUT2D eigenvalue weighted by Gasteiger charge is -2.31. The van der Waals surface area contributed by atoms with Crippen LogP contribution in [0.5, 0.6) is 0 Å². The number of likely N-dealkylation sites (tertiary alicyclic amines) is 1. The third-order valence-corrected chi connectivity index (χ3v) is 7.71. The molecule has 0 saturated carbocycles. The van der Waals surface area contributed by atoms with Crippen molar-refractivity contribution < 1.29 is 13.2 Å². The summed E-state index contributed by atoms with van der Waals surface area (Å²) < 4.78 is 31.1. The molecule has 0 atom stereocenters. The van der Waals surface area contributed by atoms with Crippen molar-refractivity contribution >= 4 is 38.8 Å². The van der Waals surface area contributed by atoms with Crippen molar-refractivity contribution in [2.75, 3.05) is 19.6 Å². The van der Waals surface area contributed by atoms with Crippen LogP contribution in [-0.4, -0.2) is 48.4 Å². The Bertz CT molecular complexity index is 793. The molecule has 1 fully saturated rings. The van der Waals surface area contributed by atoms with Gasteiger partial charge in [0.05, 0.1) is 5.69 Å². The van der Waals surface area contributed by atoms with Crippen LogP contribution in [0.15, 0.2) is 21.7 Å². The van der Waals surface area contributed by atoms with Gasteiger partial charge in [-0.15, -0.1) is 16.4 Å². The van der Waals surface area contributed by atoms with Crippen LogP contribution in [0.25, 0.3) is 0 Å². The monoisotopic (exact) mass is 386 g/mol. The molecule has 0 aliphatic carbocycles. The molecule has 1 N–H and O–H groups in total. The Balaban J connectivity index is 1.51. The van der Waals surface area contributed by atoms with Crippen LogP contribution in [0.2, 0.25) is 0 Å². The average molecular weight is 387 g/mol. The minimum Gasteiger partial charge on any atom is -0.338 e. The molecule has 130 valence electrons. The van der Waals surface area contributed by atoms with E-state index in [1.807, 2.05) is 0 Å². The standard InChI is InChI=1S/C14H18N4O3S3/c1-10-13(23-17-16-10)14(19)18-6-4-11(5-7-18)9-15-24(20,21)12-3-2-8-22-12/h2-3,8,11,15H,4-7,9H2,1H3. The largest absolute Gasteiger partial charge is 0.338 e. The fourth-order valence-corrected chi connectivity index (χ4v) is 5.41. The second-order valence-electron chi connectivity index (χ2n) is 5.71. The number of nitrogens with zero attached hydrogens (tertiary/aromatic N) is 3. The molecule has 7 nitrogen and oxygen atoms in total. The average Bonchev–Trinajstić information content (AvgIpc) is 3.25. The van der Waals surface area contributed by atoms with Gasteiger partial charge in [-0.3, -0.25) is 4.79 Å². The smallest absolute Gasteiger partial charge is 0.267 e. The summed E-state index contributed by atoms with van der Waals surface area (Å²) in [5, 5.41) is 5.62. The summed E-state index contributed by atoms with van der Waals surface area (Å²) >= 11 is 2.33. The van der Waals surface area contributed by atoms with Crippen LogP contribution in [0.4, 0.5) is 0 Å². The molecule has 2 aromatic heterocycles. The first kappa shape index (κ1) is 17.5. The van der Waals surface area contributed by atoms with Gasteiger partial charge in [0.1, 0.15) is 9.09 Å². The lowest BCUT2D eigenvalue weighted by molar-refractivity contribution is 0.0696. The van der Waals surface area contributed by atoms with Gasteiger partial charge in [0.2, 0.25) is 10.0 Å². The summed E-state index contributed by atoms with van der Waals surface area (Å²) in [6.07, 6.45) is 1.56. The Labute approximate surface area is 148 Å². The number of carbonyl (C=O) groups is 1. The highest BCUT2D eigenvalue weighted by atomic mass is 32.2. The van der Waals surface area contributed by atoms with E-state index in [1.54, 1.807) is 29.3 Å². The van der Waals surface area contributed by atoms with Gasteiger partial charge in [-0.25, -0.2) is 13.1 Å². The molecule has 0 radical (unpaired) electrons. The van der Waals surface area contributed by atoms with E-state index in [1.165, 1.54) is 11.3 Å². The van der Waals surface area contributed by atoms with Gasteiger partial charge in [0.15, 0.2) is 0 Å². The SMILES string of the molecule is Cc1nnsc1C(=O)N1CCC(CNS(=O)(=O)c2cccs2)CC1. The van der Waals surface area contributed by atoms with E-state index in [2.05, 4.69) is 14.3 Å². The number of aryl methyl sites for hydroxylation is 1. The molecule has 10 heteroatoms. The number of rotatable bonds is 5. The first-order valence-electron chi connectivity index (χ1n) is 7.59. The highest BCUT2D eigenvalue weighted by Gasteiger charge is 2.27. The van der Waals surface area contributed by atoms with Gasteiger partial charge < -0.3 is 4.90 Å².